The maximum absolute atomic E-state index is 13.6. The zero-order valence-electron chi connectivity index (χ0n) is 19.3. The van der Waals surface area contributed by atoms with Crippen LogP contribution in [-0.2, 0) is 4.79 Å². The van der Waals surface area contributed by atoms with Crippen LogP contribution in [0.5, 0.6) is 5.75 Å². The first-order valence-electron chi connectivity index (χ1n) is 11.1. The molecule has 0 saturated carbocycles. The smallest absolute Gasteiger partial charge is 0.387 e. The number of likely N-dealkylation sites (tertiary alicyclic amines) is 1. The minimum absolute atomic E-state index is 0.00766. The monoisotopic (exact) mass is 495 g/mol. The van der Waals surface area contributed by atoms with E-state index >= 15 is 0 Å². The van der Waals surface area contributed by atoms with Gasteiger partial charge in [0, 0.05) is 13.1 Å². The van der Waals surface area contributed by atoms with Crippen LogP contribution in [0.15, 0.2) is 47.3 Å². The molecule has 3 aromatic rings. The lowest BCUT2D eigenvalue weighted by Gasteiger charge is -2.15. The molecule has 0 radical (unpaired) electrons. The number of alkyl halides is 2. The minimum Gasteiger partial charge on any atom is -0.435 e. The highest BCUT2D eigenvalue weighted by Gasteiger charge is 2.25. The van der Waals surface area contributed by atoms with Crippen LogP contribution in [0.25, 0.3) is 17.3 Å². The maximum Gasteiger partial charge on any atom is 0.387 e. The Kier molecular flexibility index (Phi) is 7.12. The lowest BCUT2D eigenvalue weighted by molar-refractivity contribution is -0.123. The number of amides is 1. The van der Waals surface area contributed by atoms with Gasteiger partial charge in [-0.1, -0.05) is 30.3 Å². The highest BCUT2D eigenvalue weighted by atomic mass is 32.1. The minimum atomic E-state index is -2.93. The number of ether oxygens (including phenoxy) is 1. The fraction of sp³-hybridized carbons (Fsp3) is 0.269. The third-order valence-corrected chi connectivity index (χ3v) is 6.91. The van der Waals surface area contributed by atoms with E-state index in [9.17, 15) is 23.6 Å². The van der Waals surface area contributed by atoms with Gasteiger partial charge < -0.3 is 9.64 Å². The topological polar surface area (TPSA) is 75.3 Å². The van der Waals surface area contributed by atoms with E-state index in [0.717, 1.165) is 35.3 Å². The number of carbonyl (C=O) groups is 1. The molecule has 35 heavy (non-hydrogen) atoms. The lowest BCUT2D eigenvalue weighted by atomic mass is 10.1. The molecule has 180 valence electrons. The van der Waals surface area contributed by atoms with Crippen LogP contribution in [0.3, 0.4) is 0 Å². The van der Waals surface area contributed by atoms with E-state index in [1.165, 1.54) is 16.7 Å². The van der Waals surface area contributed by atoms with Crippen LogP contribution in [-0.4, -0.2) is 35.1 Å². The summed E-state index contributed by atoms with van der Waals surface area (Å²) in [4.78, 5) is 28.5. The Bertz CT molecular complexity index is 1460. The number of aromatic nitrogens is 1. The first-order chi connectivity index (χ1) is 16.8. The number of benzene rings is 2. The van der Waals surface area contributed by atoms with Crippen LogP contribution in [0.2, 0.25) is 0 Å². The van der Waals surface area contributed by atoms with Crippen molar-refractivity contribution in [2.75, 3.05) is 13.1 Å². The molecule has 1 aliphatic rings. The van der Waals surface area contributed by atoms with Crippen molar-refractivity contribution >= 4 is 28.9 Å². The van der Waals surface area contributed by atoms with Crippen molar-refractivity contribution in [1.82, 2.24) is 9.47 Å². The number of halogens is 2. The quantitative estimate of drug-likeness (QED) is 0.545. The molecule has 1 amide bonds. The van der Waals surface area contributed by atoms with Gasteiger partial charge in [0.1, 0.15) is 16.5 Å². The summed E-state index contributed by atoms with van der Waals surface area (Å²) in [6.45, 7) is 1.97. The molecule has 0 unspecified atom stereocenters. The second-order valence-corrected chi connectivity index (χ2v) is 9.26. The number of nitrogens with zero attached hydrogens (tertiary/aromatic N) is 3. The highest BCUT2D eigenvalue weighted by Crippen LogP contribution is 2.18. The Morgan fingerprint density at radius 1 is 1.11 bits per heavy atom. The van der Waals surface area contributed by atoms with Gasteiger partial charge in [-0.25, -0.2) is 0 Å². The molecule has 0 N–H and O–H groups in total. The maximum atomic E-state index is 13.6. The Labute approximate surface area is 204 Å². The van der Waals surface area contributed by atoms with Gasteiger partial charge in [-0.05, 0) is 61.6 Å². The number of hydrogen-bond donors (Lipinski definition) is 0. The van der Waals surface area contributed by atoms with Crippen LogP contribution in [0, 0.1) is 25.2 Å². The average Bonchev–Trinajstić information content (AvgIpc) is 3.45. The van der Waals surface area contributed by atoms with E-state index in [1.807, 2.05) is 38.1 Å². The second-order valence-electron chi connectivity index (χ2n) is 8.23. The predicted octanol–water partition coefficient (Wildman–Crippen LogP) is 3.24. The van der Waals surface area contributed by atoms with Gasteiger partial charge in [0.25, 0.3) is 11.5 Å². The van der Waals surface area contributed by atoms with Gasteiger partial charge >= 0.3 is 6.61 Å². The van der Waals surface area contributed by atoms with Crippen molar-refractivity contribution in [2.45, 2.75) is 33.3 Å². The molecular formula is C26H23F2N3O3S. The van der Waals surface area contributed by atoms with Gasteiger partial charge in [-0.2, -0.15) is 14.0 Å². The first kappa shape index (κ1) is 24.4. The van der Waals surface area contributed by atoms with Gasteiger partial charge in [0.05, 0.1) is 10.2 Å². The molecule has 2 heterocycles. The third kappa shape index (κ3) is 5.03. The summed E-state index contributed by atoms with van der Waals surface area (Å²) < 4.78 is 31.3. The number of aryl methyl sites for hydroxylation is 2. The summed E-state index contributed by atoms with van der Waals surface area (Å²) in [6, 6.07) is 13.6. The van der Waals surface area contributed by atoms with Crippen LogP contribution in [0.1, 0.15) is 29.5 Å². The summed E-state index contributed by atoms with van der Waals surface area (Å²) in [5.41, 5.74) is 2.45. The molecule has 0 bridgehead atoms. The SMILES string of the molecule is Cc1cccc(C)c1-n1c(=C(C#N)C(=O)N2CCCC2)sc(=Cc2ccc(OC(F)F)cc2)c1=O. The van der Waals surface area contributed by atoms with Crippen molar-refractivity contribution in [3.8, 4) is 17.5 Å². The fourth-order valence-corrected chi connectivity index (χ4v) is 5.26. The number of thiazole rings is 1. The second kappa shape index (κ2) is 10.2. The van der Waals surface area contributed by atoms with Gasteiger partial charge in [0.2, 0.25) is 0 Å². The van der Waals surface area contributed by atoms with Crippen molar-refractivity contribution in [3.63, 3.8) is 0 Å². The predicted molar refractivity (Wildman–Crippen MR) is 130 cm³/mol. The van der Waals surface area contributed by atoms with E-state index in [1.54, 1.807) is 23.1 Å². The zero-order valence-corrected chi connectivity index (χ0v) is 20.1. The Morgan fingerprint density at radius 3 is 2.31 bits per heavy atom. The van der Waals surface area contributed by atoms with Crippen LogP contribution in [0.4, 0.5) is 8.78 Å². The molecule has 1 fully saturated rings. The number of rotatable bonds is 5. The van der Waals surface area contributed by atoms with Gasteiger partial charge in [0.15, 0.2) is 5.57 Å². The Morgan fingerprint density at radius 2 is 1.74 bits per heavy atom. The summed E-state index contributed by atoms with van der Waals surface area (Å²) in [5.74, 6) is -0.375. The molecule has 0 aliphatic carbocycles. The molecule has 1 saturated heterocycles. The van der Waals surface area contributed by atoms with E-state index < -0.39 is 6.61 Å². The summed E-state index contributed by atoms with van der Waals surface area (Å²) in [5, 5.41) is 9.98. The Hall–Kier alpha value is -3.77. The Balaban J connectivity index is 1.97. The molecule has 2 aromatic carbocycles. The normalized spacial score (nSPS) is 14.9. The summed E-state index contributed by atoms with van der Waals surface area (Å²) >= 11 is 1.06. The number of para-hydroxylation sites is 1. The molecule has 4 rings (SSSR count). The van der Waals surface area contributed by atoms with Gasteiger partial charge in [-0.3, -0.25) is 14.2 Å². The molecule has 1 aliphatic heterocycles. The first-order valence-corrected chi connectivity index (χ1v) is 11.9. The van der Waals surface area contributed by atoms with Crippen LogP contribution < -0.4 is 19.5 Å². The van der Waals surface area contributed by atoms with Crippen molar-refractivity contribution < 1.29 is 18.3 Å². The lowest BCUT2D eigenvalue weighted by Crippen LogP contribution is -2.35. The van der Waals surface area contributed by atoms with E-state index in [2.05, 4.69) is 4.74 Å². The van der Waals surface area contributed by atoms with Crippen molar-refractivity contribution in [3.05, 3.63) is 78.7 Å². The number of hydrogen-bond acceptors (Lipinski definition) is 5. The molecule has 9 heteroatoms. The van der Waals surface area contributed by atoms with E-state index in [0.29, 0.717) is 28.9 Å². The van der Waals surface area contributed by atoms with E-state index in [4.69, 9.17) is 0 Å². The molecule has 0 atom stereocenters. The molecular weight excluding hydrogens is 472 g/mol. The van der Waals surface area contributed by atoms with E-state index in [-0.39, 0.29) is 27.5 Å². The average molecular weight is 496 g/mol. The summed E-state index contributed by atoms with van der Waals surface area (Å²) in [6.07, 6.45) is 3.37. The zero-order chi connectivity index (χ0) is 25.1. The fourth-order valence-electron chi connectivity index (χ4n) is 4.17. The van der Waals surface area contributed by atoms with Crippen LogP contribution >= 0.6 is 11.3 Å². The summed E-state index contributed by atoms with van der Waals surface area (Å²) in [7, 11) is 0. The standard InChI is InChI=1S/C26H23F2N3O3S/c1-16-6-5-7-17(2)22(16)31-24(33)21(14-18-8-10-19(11-9-18)34-26(27)28)35-25(31)20(15-29)23(32)30-12-3-4-13-30/h5-11,14,26H,3-4,12-13H2,1-2H3. The largest absolute Gasteiger partial charge is 0.435 e. The molecule has 0 spiro atoms. The van der Waals surface area contributed by atoms with Gasteiger partial charge in [-0.15, -0.1) is 11.3 Å². The third-order valence-electron chi connectivity index (χ3n) is 5.82. The van der Waals surface area contributed by atoms with Crippen molar-refractivity contribution in [2.24, 2.45) is 0 Å². The molecule has 6 nitrogen and oxygen atoms in total. The highest BCUT2D eigenvalue weighted by molar-refractivity contribution is 7.07. The number of nitriles is 1. The van der Waals surface area contributed by atoms with Crippen molar-refractivity contribution in [1.29, 1.82) is 5.26 Å². The molecule has 1 aromatic heterocycles. The number of carbonyl (C=O) groups excluding carboxylic acids is 1.